The van der Waals surface area contributed by atoms with Crippen molar-refractivity contribution in [3.05, 3.63) is 71.3 Å². The van der Waals surface area contributed by atoms with Gasteiger partial charge in [-0.2, -0.15) is 17.6 Å². The topological polar surface area (TPSA) is 192 Å². The van der Waals surface area contributed by atoms with E-state index < -0.39 is 82.6 Å². The predicted octanol–water partition coefficient (Wildman–Crippen LogP) is 7.04. The first-order chi connectivity index (χ1) is 32.3. The van der Waals surface area contributed by atoms with Crippen LogP contribution in [-0.2, 0) is 49.9 Å². The van der Waals surface area contributed by atoms with E-state index in [0.29, 0.717) is 43.5 Å². The SMILES string of the molecule is COC(=O)N[C@H](C(=O)C1CC2(C[C@H]1c1ncc(-c3ccc4c(c3)C(F)(F)C(F)(F)c3cc(C5=CN=C(C6CC7(CN6C(=O)[C@@H](NC(=O)OC)C(C)C)OCCO7)C5)ccc3-4)[nH]1)OCCO2)C(C)C. The van der Waals surface area contributed by atoms with E-state index in [1.165, 1.54) is 38.7 Å². The smallest absolute Gasteiger partial charge is 0.407 e. The fraction of sp³-hybridized carbons (Fsp3) is 0.542. The zero-order chi connectivity index (χ0) is 48.5. The highest BCUT2D eigenvalue weighted by Crippen LogP contribution is 2.59. The van der Waals surface area contributed by atoms with Gasteiger partial charge in [0.15, 0.2) is 17.4 Å². The zero-order valence-electron chi connectivity index (χ0n) is 38.5. The van der Waals surface area contributed by atoms with E-state index in [1.807, 2.05) is 0 Å². The van der Waals surface area contributed by atoms with E-state index >= 15 is 17.6 Å². The van der Waals surface area contributed by atoms with E-state index in [2.05, 4.69) is 25.6 Å². The Bertz CT molecular complexity index is 2570. The van der Waals surface area contributed by atoms with Crippen LogP contribution >= 0.6 is 0 Å². The first-order valence-electron chi connectivity index (χ1n) is 22.8. The minimum atomic E-state index is -4.64. The molecule has 5 atom stereocenters. The van der Waals surface area contributed by atoms with Gasteiger partial charge in [-0.05, 0) is 46.2 Å². The second kappa shape index (κ2) is 17.7. The number of alkyl carbamates (subject to hydrolysis) is 2. The highest BCUT2D eigenvalue weighted by molar-refractivity contribution is 6.04. The number of nitrogens with zero attached hydrogens (tertiary/aromatic N) is 3. The molecule has 20 heteroatoms. The number of carbonyl (C=O) groups excluding carboxylic acids is 4. The Morgan fingerprint density at radius 2 is 1.32 bits per heavy atom. The number of halogens is 4. The average Bonchev–Trinajstić information content (AvgIpc) is 4.19. The van der Waals surface area contributed by atoms with Gasteiger partial charge in [0.1, 0.15) is 11.9 Å². The molecule has 4 fully saturated rings. The Morgan fingerprint density at radius 3 is 1.91 bits per heavy atom. The molecule has 0 radical (unpaired) electrons. The third kappa shape index (κ3) is 8.15. The summed E-state index contributed by atoms with van der Waals surface area (Å²) in [5.41, 5.74) is -0.149. The maximum absolute atomic E-state index is 16.4. The molecule has 16 nitrogen and oxygen atoms in total. The number of amides is 3. The molecule has 3 amide bonds. The van der Waals surface area contributed by atoms with Crippen molar-refractivity contribution in [2.24, 2.45) is 22.7 Å². The minimum absolute atomic E-state index is 0.0592. The van der Waals surface area contributed by atoms with Gasteiger partial charge < -0.3 is 48.9 Å². The van der Waals surface area contributed by atoms with Crippen molar-refractivity contribution in [2.45, 2.75) is 101 Å². The summed E-state index contributed by atoms with van der Waals surface area (Å²) in [7, 11) is 2.40. The van der Waals surface area contributed by atoms with Gasteiger partial charge in [0.25, 0.3) is 0 Å². The Kier molecular flexibility index (Phi) is 12.3. The van der Waals surface area contributed by atoms with Crippen molar-refractivity contribution in [2.75, 3.05) is 47.2 Å². The minimum Gasteiger partial charge on any atom is -0.453 e. The molecule has 364 valence electrons. The largest absolute Gasteiger partial charge is 0.453 e. The standard InChI is InChI=1S/C48H54F4N6O10/c1-24(2)38(56-43(61)63-5)40(59)31-18-45(65-11-12-66-45)19-32(31)41-54-22-36(55-41)27-8-10-30-29-9-7-26(15-33(29)47(49,50)48(51,52)34(30)16-27)28-17-35(53-21-28)37-20-46(67-13-14-68-46)23-58(37)42(60)39(25(3)4)57-44(62)64-6/h7-10,15-16,21-22,24-25,31-32,37-39H,11-14,17-20,23H2,1-6H3,(H,54,55)(H,56,61)(H,57,62)/t31?,32-,37?,38+,39+/m1/s1. The number of aromatic amines is 1. The van der Waals surface area contributed by atoms with Gasteiger partial charge in [-0.15, -0.1) is 0 Å². The summed E-state index contributed by atoms with van der Waals surface area (Å²) >= 11 is 0. The molecule has 3 saturated heterocycles. The number of nitrogens with one attached hydrogen (secondary N) is 3. The molecule has 2 unspecified atom stereocenters. The number of likely N-dealkylation sites (tertiary alicyclic amines) is 1. The summed E-state index contributed by atoms with van der Waals surface area (Å²) in [5, 5.41) is 5.24. The first-order valence-corrected chi connectivity index (χ1v) is 22.8. The summed E-state index contributed by atoms with van der Waals surface area (Å²) < 4.78 is 99.1. The molecule has 2 aliphatic carbocycles. The van der Waals surface area contributed by atoms with Gasteiger partial charge in [-0.3, -0.25) is 14.6 Å². The van der Waals surface area contributed by atoms with Crippen LogP contribution in [0.4, 0.5) is 27.2 Å². The lowest BCUT2D eigenvalue weighted by atomic mass is 9.78. The maximum atomic E-state index is 16.4. The number of hydrogen-bond acceptors (Lipinski definition) is 12. The Labute approximate surface area is 389 Å². The number of ether oxygens (including phenoxy) is 6. The number of H-pyrrole nitrogens is 1. The van der Waals surface area contributed by atoms with Gasteiger partial charge in [-0.1, -0.05) is 52.0 Å². The Balaban J connectivity index is 0.970. The number of alkyl halides is 4. The molecule has 9 rings (SSSR count). The van der Waals surface area contributed by atoms with Crippen LogP contribution in [0.5, 0.6) is 0 Å². The van der Waals surface area contributed by atoms with Gasteiger partial charge in [0, 0.05) is 66.1 Å². The van der Waals surface area contributed by atoms with Crippen LogP contribution in [-0.4, -0.2) is 121 Å². The number of fused-ring (bicyclic) bond motifs is 3. The number of aliphatic imine (C=N–C) groups is 1. The second-order valence-electron chi connectivity index (χ2n) is 18.9. The summed E-state index contributed by atoms with van der Waals surface area (Å²) in [6.07, 6.45) is 2.15. The van der Waals surface area contributed by atoms with Gasteiger partial charge in [-0.25, -0.2) is 14.6 Å². The second-order valence-corrected chi connectivity index (χ2v) is 18.9. The van der Waals surface area contributed by atoms with Crippen LogP contribution in [0.25, 0.3) is 28.0 Å². The third-order valence-electron chi connectivity index (χ3n) is 14.1. The van der Waals surface area contributed by atoms with Gasteiger partial charge in [0.2, 0.25) is 5.91 Å². The van der Waals surface area contributed by atoms with E-state index in [9.17, 15) is 19.2 Å². The van der Waals surface area contributed by atoms with Gasteiger partial charge in [0.05, 0.1) is 71.2 Å². The van der Waals surface area contributed by atoms with Crippen molar-refractivity contribution in [3.63, 3.8) is 0 Å². The zero-order valence-corrected chi connectivity index (χ0v) is 38.5. The molecule has 3 N–H and O–H groups in total. The monoisotopic (exact) mass is 950 g/mol. The van der Waals surface area contributed by atoms with E-state index in [4.69, 9.17) is 28.4 Å². The molecule has 2 spiro atoms. The average molecular weight is 951 g/mol. The van der Waals surface area contributed by atoms with Crippen LogP contribution in [0.1, 0.15) is 81.8 Å². The molecule has 2 aromatic carbocycles. The molecule has 5 heterocycles. The Morgan fingerprint density at radius 1 is 0.765 bits per heavy atom. The molecule has 0 bridgehead atoms. The number of Topliss-reactive ketones (excluding diaryl/α,β-unsaturated/α-hetero) is 1. The van der Waals surface area contributed by atoms with Crippen LogP contribution in [0, 0.1) is 17.8 Å². The van der Waals surface area contributed by atoms with Crippen LogP contribution in [0.2, 0.25) is 0 Å². The number of benzene rings is 2. The van der Waals surface area contributed by atoms with Crippen molar-refractivity contribution in [1.29, 1.82) is 0 Å². The predicted molar refractivity (Wildman–Crippen MR) is 235 cm³/mol. The molecule has 3 aromatic rings. The first kappa shape index (κ1) is 47.4. The number of carbonyl (C=O) groups is 4. The fourth-order valence-corrected chi connectivity index (χ4v) is 10.6. The highest BCUT2D eigenvalue weighted by atomic mass is 19.3. The number of imidazole rings is 1. The molecule has 1 aromatic heterocycles. The number of rotatable bonds is 11. The number of methoxy groups -OCH3 is 2. The van der Waals surface area contributed by atoms with Crippen LogP contribution < -0.4 is 10.6 Å². The number of hydrogen-bond donors (Lipinski definition) is 3. The van der Waals surface area contributed by atoms with Crippen molar-refractivity contribution < 1.29 is 65.2 Å². The van der Waals surface area contributed by atoms with Crippen molar-refractivity contribution >= 4 is 35.2 Å². The maximum Gasteiger partial charge on any atom is 0.407 e. The summed E-state index contributed by atoms with van der Waals surface area (Å²) in [6.45, 7) is 8.49. The fourth-order valence-electron chi connectivity index (χ4n) is 10.6. The molecule has 68 heavy (non-hydrogen) atoms. The molecule has 6 aliphatic rings. The normalized spacial score (nSPS) is 24.7. The lowest BCUT2D eigenvalue weighted by Gasteiger charge is -2.35. The van der Waals surface area contributed by atoms with Crippen molar-refractivity contribution in [1.82, 2.24) is 25.5 Å². The number of ketones is 1. The number of aromatic nitrogens is 2. The van der Waals surface area contributed by atoms with Gasteiger partial charge >= 0.3 is 24.0 Å². The summed E-state index contributed by atoms with van der Waals surface area (Å²) in [5.74, 6) is -13.7. The quantitative estimate of drug-likeness (QED) is 0.167. The lowest BCUT2D eigenvalue weighted by molar-refractivity contribution is -0.225. The summed E-state index contributed by atoms with van der Waals surface area (Å²) in [4.78, 5) is 66.5. The third-order valence-corrected chi connectivity index (χ3v) is 14.1. The highest BCUT2D eigenvalue weighted by Gasteiger charge is 2.63. The molecular formula is C48H54F4N6O10. The van der Waals surface area contributed by atoms with E-state index in [1.54, 1.807) is 44.7 Å². The van der Waals surface area contributed by atoms with E-state index in [0.717, 1.165) is 12.1 Å². The van der Waals surface area contributed by atoms with Crippen LogP contribution in [0.3, 0.4) is 0 Å². The molecular weight excluding hydrogens is 897 g/mol. The molecule has 4 aliphatic heterocycles. The lowest BCUT2D eigenvalue weighted by Crippen LogP contribution is -2.54. The number of allylic oxidation sites excluding steroid dienone is 1. The Hall–Kier alpha value is -5.70. The van der Waals surface area contributed by atoms with Crippen molar-refractivity contribution in [3.8, 4) is 22.4 Å². The summed E-state index contributed by atoms with van der Waals surface area (Å²) in [6, 6.07) is 5.56. The van der Waals surface area contributed by atoms with E-state index in [-0.39, 0.29) is 77.8 Å². The van der Waals surface area contributed by atoms with Crippen LogP contribution in [0.15, 0.2) is 53.8 Å². The molecule has 1 saturated carbocycles.